The van der Waals surface area contributed by atoms with Crippen LogP contribution in [-0.4, -0.2) is 40.6 Å². The predicted octanol–water partition coefficient (Wildman–Crippen LogP) is 1.90. The van der Waals surface area contributed by atoms with Gasteiger partial charge in [-0.1, -0.05) is 13.8 Å². The van der Waals surface area contributed by atoms with Crippen LogP contribution in [-0.2, 0) is 11.8 Å². The fraction of sp³-hybridized carbons (Fsp3) is 0.692. The van der Waals surface area contributed by atoms with Crippen molar-refractivity contribution in [2.75, 3.05) is 25.1 Å². The van der Waals surface area contributed by atoms with Crippen LogP contribution in [0.1, 0.15) is 36.3 Å². The molecule has 1 aromatic heterocycles. The van der Waals surface area contributed by atoms with Gasteiger partial charge in [-0.3, -0.25) is 4.68 Å². The van der Waals surface area contributed by atoms with Gasteiger partial charge >= 0.3 is 5.97 Å². The van der Waals surface area contributed by atoms with Crippen LogP contribution in [0.5, 0.6) is 0 Å². The number of aromatic nitrogens is 2. The number of carboxylic acids is 1. The van der Waals surface area contributed by atoms with Gasteiger partial charge in [0.15, 0.2) is 0 Å². The Bertz CT molecular complexity index is 427. The standard InChI is InChI=1S/C13H23N3O3/c1-9(2)8-19-7-5-6-14-12-11(13(17)18)10(3)15-16(12)4/h9,14H,5-8H2,1-4H3,(H,17,18). The first-order valence-electron chi connectivity index (χ1n) is 6.52. The van der Waals surface area contributed by atoms with Gasteiger partial charge in [0.25, 0.3) is 0 Å². The third-order valence-electron chi connectivity index (χ3n) is 2.65. The van der Waals surface area contributed by atoms with E-state index in [-0.39, 0.29) is 5.56 Å². The molecule has 1 heterocycles. The highest BCUT2D eigenvalue weighted by molar-refractivity contribution is 5.94. The molecule has 0 aliphatic rings. The number of carbonyl (C=O) groups is 1. The summed E-state index contributed by atoms with van der Waals surface area (Å²) in [6.07, 6.45) is 0.829. The van der Waals surface area contributed by atoms with E-state index in [1.165, 1.54) is 0 Å². The summed E-state index contributed by atoms with van der Waals surface area (Å²) in [7, 11) is 1.73. The third-order valence-corrected chi connectivity index (χ3v) is 2.65. The lowest BCUT2D eigenvalue weighted by Crippen LogP contribution is -2.12. The van der Waals surface area contributed by atoms with Crippen molar-refractivity contribution in [3.63, 3.8) is 0 Å². The van der Waals surface area contributed by atoms with Gasteiger partial charge in [0.05, 0.1) is 5.69 Å². The maximum Gasteiger partial charge on any atom is 0.341 e. The summed E-state index contributed by atoms with van der Waals surface area (Å²) in [5, 5.41) is 16.4. The fourth-order valence-corrected chi connectivity index (χ4v) is 1.82. The van der Waals surface area contributed by atoms with E-state index in [1.807, 2.05) is 0 Å². The number of rotatable bonds is 8. The molecule has 2 N–H and O–H groups in total. The van der Waals surface area contributed by atoms with Crippen molar-refractivity contribution in [2.45, 2.75) is 27.2 Å². The molecule has 0 saturated heterocycles. The first kappa shape index (κ1) is 15.5. The van der Waals surface area contributed by atoms with E-state index in [0.717, 1.165) is 13.0 Å². The molecule has 0 aromatic carbocycles. The van der Waals surface area contributed by atoms with Gasteiger partial charge in [-0.15, -0.1) is 0 Å². The highest BCUT2D eigenvalue weighted by Gasteiger charge is 2.18. The number of ether oxygens (including phenoxy) is 1. The third kappa shape index (κ3) is 4.55. The topological polar surface area (TPSA) is 76.4 Å². The van der Waals surface area contributed by atoms with Gasteiger partial charge < -0.3 is 15.2 Å². The molecule has 0 amide bonds. The van der Waals surface area contributed by atoms with Gasteiger partial charge in [-0.05, 0) is 19.3 Å². The van der Waals surface area contributed by atoms with Crippen LogP contribution < -0.4 is 5.32 Å². The molecule has 0 aliphatic heterocycles. The number of aromatic carboxylic acids is 1. The van der Waals surface area contributed by atoms with Crippen molar-refractivity contribution in [2.24, 2.45) is 13.0 Å². The van der Waals surface area contributed by atoms with E-state index in [0.29, 0.717) is 30.6 Å². The van der Waals surface area contributed by atoms with E-state index >= 15 is 0 Å². The summed E-state index contributed by atoms with van der Waals surface area (Å²) in [6.45, 7) is 8.00. The van der Waals surface area contributed by atoms with Crippen molar-refractivity contribution >= 4 is 11.8 Å². The molecular formula is C13H23N3O3. The Morgan fingerprint density at radius 2 is 2.21 bits per heavy atom. The lowest BCUT2D eigenvalue weighted by Gasteiger charge is -2.09. The zero-order valence-corrected chi connectivity index (χ0v) is 12.1. The maximum atomic E-state index is 11.1. The average molecular weight is 269 g/mol. The Hall–Kier alpha value is -1.56. The number of nitrogens with one attached hydrogen (secondary N) is 1. The Kier molecular flexibility index (Phi) is 5.82. The zero-order chi connectivity index (χ0) is 14.4. The highest BCUT2D eigenvalue weighted by Crippen LogP contribution is 2.18. The van der Waals surface area contributed by atoms with Crippen molar-refractivity contribution in [1.82, 2.24) is 9.78 Å². The first-order valence-corrected chi connectivity index (χ1v) is 6.52. The number of aryl methyl sites for hydroxylation is 2. The molecule has 6 nitrogen and oxygen atoms in total. The normalized spacial score (nSPS) is 11.0. The second-order valence-electron chi connectivity index (χ2n) is 4.99. The first-order chi connectivity index (χ1) is 8.93. The van der Waals surface area contributed by atoms with E-state index in [4.69, 9.17) is 9.84 Å². The Labute approximate surface area is 113 Å². The second-order valence-corrected chi connectivity index (χ2v) is 4.99. The molecule has 0 fully saturated rings. The second kappa shape index (κ2) is 7.13. The lowest BCUT2D eigenvalue weighted by molar-refractivity contribution is 0.0697. The smallest absolute Gasteiger partial charge is 0.341 e. The van der Waals surface area contributed by atoms with E-state index in [9.17, 15) is 4.79 Å². The molecule has 0 radical (unpaired) electrons. The minimum Gasteiger partial charge on any atom is -0.477 e. The molecule has 108 valence electrons. The lowest BCUT2D eigenvalue weighted by atomic mass is 10.2. The fourth-order valence-electron chi connectivity index (χ4n) is 1.82. The summed E-state index contributed by atoms with van der Waals surface area (Å²) in [5.41, 5.74) is 0.763. The van der Waals surface area contributed by atoms with Gasteiger partial charge in [0.1, 0.15) is 11.4 Å². The molecule has 0 saturated carbocycles. The maximum absolute atomic E-state index is 11.1. The molecular weight excluding hydrogens is 246 g/mol. The molecule has 0 spiro atoms. The van der Waals surface area contributed by atoms with Gasteiger partial charge in [-0.25, -0.2) is 4.79 Å². The Morgan fingerprint density at radius 1 is 1.53 bits per heavy atom. The summed E-state index contributed by atoms with van der Waals surface area (Å²) in [6, 6.07) is 0. The number of carboxylic acid groups (broad SMARTS) is 1. The zero-order valence-electron chi connectivity index (χ0n) is 12.1. The molecule has 19 heavy (non-hydrogen) atoms. The van der Waals surface area contributed by atoms with Crippen molar-refractivity contribution in [1.29, 1.82) is 0 Å². The van der Waals surface area contributed by atoms with Gasteiger partial charge in [0.2, 0.25) is 0 Å². The van der Waals surface area contributed by atoms with E-state index < -0.39 is 5.97 Å². The Balaban J connectivity index is 2.43. The van der Waals surface area contributed by atoms with Crippen molar-refractivity contribution in [3.8, 4) is 0 Å². The van der Waals surface area contributed by atoms with Crippen LogP contribution >= 0.6 is 0 Å². The number of anilines is 1. The molecule has 0 unspecified atom stereocenters. The summed E-state index contributed by atoms with van der Waals surface area (Å²) in [5.74, 6) is 0.129. The quantitative estimate of drug-likeness (QED) is 0.705. The van der Waals surface area contributed by atoms with Gasteiger partial charge in [0, 0.05) is 26.8 Å². The Morgan fingerprint density at radius 3 is 2.79 bits per heavy atom. The molecule has 0 aliphatic carbocycles. The van der Waals surface area contributed by atoms with Crippen LogP contribution in [0.15, 0.2) is 0 Å². The van der Waals surface area contributed by atoms with E-state index in [1.54, 1.807) is 18.7 Å². The average Bonchev–Trinajstić information content (AvgIpc) is 2.58. The number of hydrogen-bond donors (Lipinski definition) is 2. The minimum atomic E-state index is -0.954. The molecule has 6 heteroatoms. The van der Waals surface area contributed by atoms with Crippen LogP contribution in [0, 0.1) is 12.8 Å². The van der Waals surface area contributed by atoms with Crippen molar-refractivity contribution in [3.05, 3.63) is 11.3 Å². The molecule has 0 atom stereocenters. The number of hydrogen-bond acceptors (Lipinski definition) is 4. The van der Waals surface area contributed by atoms with Gasteiger partial charge in [-0.2, -0.15) is 5.10 Å². The molecule has 1 rings (SSSR count). The largest absolute Gasteiger partial charge is 0.477 e. The van der Waals surface area contributed by atoms with E-state index in [2.05, 4.69) is 24.3 Å². The van der Waals surface area contributed by atoms with Crippen molar-refractivity contribution < 1.29 is 14.6 Å². The summed E-state index contributed by atoms with van der Waals surface area (Å²) in [4.78, 5) is 11.1. The minimum absolute atomic E-state index is 0.241. The SMILES string of the molecule is Cc1nn(C)c(NCCCOCC(C)C)c1C(=O)O. The highest BCUT2D eigenvalue weighted by atomic mass is 16.5. The monoisotopic (exact) mass is 269 g/mol. The molecule has 1 aromatic rings. The van der Waals surface area contributed by atoms with Crippen LogP contribution in [0.4, 0.5) is 5.82 Å². The van der Waals surface area contributed by atoms with Crippen LogP contribution in [0.25, 0.3) is 0 Å². The number of nitrogens with zero attached hydrogens (tertiary/aromatic N) is 2. The van der Waals surface area contributed by atoms with Crippen LogP contribution in [0.2, 0.25) is 0 Å². The summed E-state index contributed by atoms with van der Waals surface area (Å²) >= 11 is 0. The van der Waals surface area contributed by atoms with Crippen LogP contribution in [0.3, 0.4) is 0 Å². The summed E-state index contributed by atoms with van der Waals surface area (Å²) < 4.78 is 7.03. The predicted molar refractivity (Wildman–Crippen MR) is 73.7 cm³/mol. The molecule has 0 bridgehead atoms.